The maximum Gasteiger partial charge on any atom is 0.310 e. The summed E-state index contributed by atoms with van der Waals surface area (Å²) in [5.41, 5.74) is -0.521. The average molecular weight is 218 g/mol. The number of rotatable bonds is 2. The quantitative estimate of drug-likeness (QED) is 0.524. The van der Waals surface area contributed by atoms with Gasteiger partial charge in [0, 0.05) is 11.1 Å². The van der Waals surface area contributed by atoms with Crippen molar-refractivity contribution in [2.24, 2.45) is 0 Å². The van der Waals surface area contributed by atoms with Crippen molar-refractivity contribution in [2.45, 2.75) is 51.6 Å². The minimum atomic E-state index is -0.895. The van der Waals surface area contributed by atoms with Crippen LogP contribution in [0, 0.1) is 0 Å². The molecule has 1 saturated carbocycles. The largest absolute Gasteiger partial charge is 0.325 e. The first-order valence-corrected chi connectivity index (χ1v) is 5.10. The molecule has 0 atom stereocenters. The Kier molecular flexibility index (Phi) is 2.65. The minimum Gasteiger partial charge on any atom is -0.325 e. The number of hydrogen-bond acceptors (Lipinski definition) is 2. The summed E-state index contributed by atoms with van der Waals surface area (Å²) in [5, 5.41) is -0.895. The van der Waals surface area contributed by atoms with Gasteiger partial charge in [0.25, 0.3) is 0 Å². The summed E-state index contributed by atoms with van der Waals surface area (Å²) in [6, 6.07) is 0. The van der Waals surface area contributed by atoms with Crippen molar-refractivity contribution < 1.29 is 9.59 Å². The molecule has 1 aliphatic rings. The van der Waals surface area contributed by atoms with Gasteiger partial charge < -0.3 is 4.90 Å². The molecule has 1 fully saturated rings. The Morgan fingerprint density at radius 2 is 1.71 bits per heavy atom. The topological polar surface area (TPSA) is 37.4 Å². The lowest BCUT2D eigenvalue weighted by molar-refractivity contribution is -0.147. The van der Waals surface area contributed by atoms with Crippen LogP contribution >= 0.6 is 11.6 Å². The average Bonchev–Trinajstić information content (AvgIpc) is 2.64. The van der Waals surface area contributed by atoms with Crippen LogP contribution in [0.2, 0.25) is 0 Å². The van der Waals surface area contributed by atoms with Gasteiger partial charge >= 0.3 is 11.1 Å². The Morgan fingerprint density at radius 3 is 1.93 bits per heavy atom. The molecule has 3 nitrogen and oxygen atoms in total. The Bertz CT molecular complexity index is 271. The Balaban J connectivity index is 2.95. The second-order valence-electron chi connectivity index (χ2n) is 5.08. The van der Waals surface area contributed by atoms with Crippen LogP contribution in [0.3, 0.4) is 0 Å². The van der Waals surface area contributed by atoms with Crippen molar-refractivity contribution in [3.63, 3.8) is 0 Å². The van der Waals surface area contributed by atoms with Crippen LogP contribution in [0.4, 0.5) is 0 Å². The lowest BCUT2D eigenvalue weighted by Crippen LogP contribution is -2.53. The van der Waals surface area contributed by atoms with Gasteiger partial charge in [-0.1, -0.05) is 0 Å². The zero-order valence-corrected chi connectivity index (χ0v) is 9.81. The molecule has 1 aliphatic carbocycles. The summed E-state index contributed by atoms with van der Waals surface area (Å²) in [5.74, 6) is -0.584. The Morgan fingerprint density at radius 1 is 1.29 bits per heavy atom. The predicted octanol–water partition coefficient (Wildman–Crippen LogP) is 1.93. The monoisotopic (exact) mass is 217 g/mol. The number of carbonyl (C=O) groups excluding carboxylic acids is 2. The van der Waals surface area contributed by atoms with Gasteiger partial charge in [0.1, 0.15) is 0 Å². The highest BCUT2D eigenvalue weighted by Crippen LogP contribution is 2.44. The molecule has 0 aromatic carbocycles. The van der Waals surface area contributed by atoms with E-state index in [1.54, 1.807) is 4.90 Å². The third kappa shape index (κ3) is 2.08. The van der Waals surface area contributed by atoms with Crippen molar-refractivity contribution in [3.05, 3.63) is 0 Å². The lowest BCUT2D eigenvalue weighted by Gasteiger charge is -2.40. The van der Waals surface area contributed by atoms with Crippen LogP contribution < -0.4 is 0 Å². The van der Waals surface area contributed by atoms with Crippen molar-refractivity contribution in [3.8, 4) is 0 Å². The van der Waals surface area contributed by atoms with Gasteiger partial charge in [-0.2, -0.15) is 0 Å². The Hall–Kier alpha value is -0.570. The molecule has 4 heteroatoms. The van der Waals surface area contributed by atoms with Gasteiger partial charge in [-0.05, 0) is 52.1 Å². The molecule has 0 heterocycles. The first kappa shape index (κ1) is 11.5. The van der Waals surface area contributed by atoms with Crippen LogP contribution in [0.1, 0.15) is 40.5 Å². The van der Waals surface area contributed by atoms with Gasteiger partial charge in [-0.25, -0.2) is 0 Å². The zero-order chi connectivity index (χ0) is 11.1. The molecule has 0 aliphatic heterocycles. The van der Waals surface area contributed by atoms with E-state index in [-0.39, 0.29) is 11.1 Å². The van der Waals surface area contributed by atoms with Crippen LogP contribution in [-0.4, -0.2) is 27.1 Å². The lowest BCUT2D eigenvalue weighted by atomic mass is 10.0. The summed E-state index contributed by atoms with van der Waals surface area (Å²) in [4.78, 5) is 24.1. The van der Waals surface area contributed by atoms with Gasteiger partial charge in [-0.3, -0.25) is 9.59 Å². The van der Waals surface area contributed by atoms with E-state index in [4.69, 9.17) is 11.6 Å². The van der Waals surface area contributed by atoms with Crippen molar-refractivity contribution in [1.82, 2.24) is 4.90 Å². The van der Waals surface area contributed by atoms with E-state index in [1.165, 1.54) is 0 Å². The van der Waals surface area contributed by atoms with Crippen LogP contribution in [0.15, 0.2) is 0 Å². The number of hydrogen-bond donors (Lipinski definition) is 0. The maximum absolute atomic E-state index is 11.6. The van der Waals surface area contributed by atoms with Gasteiger partial charge in [-0.15, -0.1) is 0 Å². The fourth-order valence-corrected chi connectivity index (χ4v) is 1.94. The summed E-state index contributed by atoms with van der Waals surface area (Å²) < 4.78 is 0. The number of nitrogens with zero attached hydrogens (tertiary/aromatic N) is 1. The molecule has 0 saturated heterocycles. The van der Waals surface area contributed by atoms with Gasteiger partial charge in [0.2, 0.25) is 0 Å². The van der Waals surface area contributed by atoms with E-state index < -0.39 is 11.1 Å². The van der Waals surface area contributed by atoms with E-state index in [2.05, 4.69) is 0 Å². The molecular formula is C10H16ClNO2. The van der Waals surface area contributed by atoms with E-state index in [1.807, 2.05) is 27.7 Å². The molecule has 0 radical (unpaired) electrons. The van der Waals surface area contributed by atoms with Crippen molar-refractivity contribution in [2.75, 3.05) is 0 Å². The van der Waals surface area contributed by atoms with Crippen molar-refractivity contribution >= 4 is 22.8 Å². The van der Waals surface area contributed by atoms with E-state index in [0.717, 1.165) is 12.8 Å². The number of carbonyl (C=O) groups is 2. The molecule has 0 bridgehead atoms. The smallest absolute Gasteiger partial charge is 0.310 e. The second-order valence-corrected chi connectivity index (χ2v) is 5.43. The summed E-state index contributed by atoms with van der Waals surface area (Å²) in [6.45, 7) is 7.72. The summed E-state index contributed by atoms with van der Waals surface area (Å²) in [6.07, 6.45) is 1.89. The van der Waals surface area contributed by atoms with Crippen LogP contribution in [0.5, 0.6) is 0 Å². The third-order valence-corrected chi connectivity index (χ3v) is 2.72. The van der Waals surface area contributed by atoms with Gasteiger partial charge in [0.05, 0.1) is 0 Å². The van der Waals surface area contributed by atoms with Gasteiger partial charge in [0.15, 0.2) is 0 Å². The molecule has 80 valence electrons. The van der Waals surface area contributed by atoms with Crippen LogP contribution in [-0.2, 0) is 9.59 Å². The second kappa shape index (κ2) is 3.23. The highest BCUT2D eigenvalue weighted by molar-refractivity contribution is 6.80. The first-order valence-electron chi connectivity index (χ1n) is 4.73. The fourth-order valence-electron chi connectivity index (χ4n) is 1.85. The minimum absolute atomic E-state index is 0.167. The third-order valence-electron chi connectivity index (χ3n) is 2.56. The van der Waals surface area contributed by atoms with E-state index in [9.17, 15) is 9.59 Å². The molecule has 0 unspecified atom stereocenters. The molecule has 0 N–H and O–H groups in total. The number of amides is 1. The maximum atomic E-state index is 11.6. The number of halogens is 1. The summed E-state index contributed by atoms with van der Waals surface area (Å²) >= 11 is 5.23. The van der Waals surface area contributed by atoms with Crippen molar-refractivity contribution in [1.29, 1.82) is 0 Å². The predicted molar refractivity (Wildman–Crippen MR) is 55.1 cm³/mol. The first-order chi connectivity index (χ1) is 6.18. The molecule has 0 aromatic heterocycles. The molecule has 0 spiro atoms. The molecule has 14 heavy (non-hydrogen) atoms. The fraction of sp³-hybridized carbons (Fsp3) is 0.800. The van der Waals surface area contributed by atoms with E-state index >= 15 is 0 Å². The zero-order valence-electron chi connectivity index (χ0n) is 9.06. The Labute approximate surface area is 89.4 Å². The van der Waals surface area contributed by atoms with Crippen LogP contribution in [0.25, 0.3) is 0 Å². The standard InChI is InChI=1S/C10H16ClNO2/c1-9(2,3)12(8(14)7(11)13)10(4)5-6-10/h5-6H2,1-4H3. The molecule has 0 aromatic rings. The van der Waals surface area contributed by atoms with E-state index in [0.29, 0.717) is 0 Å². The highest BCUT2D eigenvalue weighted by atomic mass is 35.5. The highest BCUT2D eigenvalue weighted by Gasteiger charge is 2.51. The molecule has 1 amide bonds. The molecular weight excluding hydrogens is 202 g/mol. The normalized spacial score (nSPS) is 18.9. The molecule has 1 rings (SSSR count). The SMILES string of the molecule is CC(C)(C)N(C(=O)C(=O)Cl)C1(C)CC1. The summed E-state index contributed by atoms with van der Waals surface area (Å²) in [7, 11) is 0.